The highest BCUT2D eigenvalue weighted by Gasteiger charge is 2.16. The fourth-order valence-electron chi connectivity index (χ4n) is 2.09. The molecule has 3 heteroatoms. The minimum atomic E-state index is -0.219. The van der Waals surface area contributed by atoms with Crippen molar-refractivity contribution in [3.05, 3.63) is 59.4 Å². The normalized spacial score (nSPS) is 12.5. The van der Waals surface area contributed by atoms with Crippen LogP contribution in [0.25, 0.3) is 0 Å². The zero-order valence-corrected chi connectivity index (χ0v) is 11.6. The maximum absolute atomic E-state index is 6.37. The molecule has 1 aromatic heterocycles. The zero-order valence-electron chi connectivity index (χ0n) is 11.6. The summed E-state index contributed by atoms with van der Waals surface area (Å²) in [6, 6.07) is 11.6. The summed E-state index contributed by atoms with van der Waals surface area (Å²) in [6.45, 7) is 6.00. The van der Waals surface area contributed by atoms with Crippen molar-refractivity contribution in [3.8, 4) is 5.75 Å². The van der Waals surface area contributed by atoms with Gasteiger partial charge in [0.25, 0.3) is 0 Å². The summed E-state index contributed by atoms with van der Waals surface area (Å²) >= 11 is 0. The Balaban J connectivity index is 2.39. The average Bonchev–Trinajstić information content (AvgIpc) is 2.38. The van der Waals surface area contributed by atoms with Gasteiger partial charge in [-0.1, -0.05) is 24.3 Å². The Kier molecular flexibility index (Phi) is 4.17. The SMILES string of the molecule is Cc1ncccc1C(N)c1ccccc1OC(C)C. The number of nitrogens with zero attached hydrogens (tertiary/aromatic N) is 1. The number of benzene rings is 1. The van der Waals surface area contributed by atoms with Crippen LogP contribution in [0.2, 0.25) is 0 Å². The first kappa shape index (κ1) is 13.6. The summed E-state index contributed by atoms with van der Waals surface area (Å²) in [6.07, 6.45) is 1.91. The topological polar surface area (TPSA) is 48.1 Å². The summed E-state index contributed by atoms with van der Waals surface area (Å²) in [5.41, 5.74) is 9.35. The van der Waals surface area contributed by atoms with E-state index in [1.54, 1.807) is 6.20 Å². The molecule has 100 valence electrons. The molecule has 1 aromatic carbocycles. The molecule has 1 heterocycles. The highest BCUT2D eigenvalue weighted by atomic mass is 16.5. The van der Waals surface area contributed by atoms with Crippen LogP contribution < -0.4 is 10.5 Å². The second-order valence-corrected chi connectivity index (χ2v) is 4.86. The smallest absolute Gasteiger partial charge is 0.124 e. The van der Waals surface area contributed by atoms with Gasteiger partial charge in [-0.25, -0.2) is 0 Å². The van der Waals surface area contributed by atoms with E-state index >= 15 is 0 Å². The number of pyridine rings is 1. The third kappa shape index (κ3) is 3.12. The number of nitrogens with two attached hydrogens (primary N) is 1. The van der Waals surface area contributed by atoms with Crippen LogP contribution in [0.4, 0.5) is 0 Å². The van der Waals surface area contributed by atoms with Gasteiger partial charge < -0.3 is 10.5 Å². The minimum absolute atomic E-state index is 0.128. The Labute approximate surface area is 114 Å². The van der Waals surface area contributed by atoms with E-state index in [9.17, 15) is 0 Å². The highest BCUT2D eigenvalue weighted by Crippen LogP contribution is 2.29. The third-order valence-electron chi connectivity index (χ3n) is 3.00. The maximum Gasteiger partial charge on any atom is 0.124 e. The zero-order chi connectivity index (χ0) is 13.8. The fraction of sp³-hybridized carbons (Fsp3) is 0.312. The van der Waals surface area contributed by atoms with Gasteiger partial charge in [-0.3, -0.25) is 4.98 Å². The van der Waals surface area contributed by atoms with Gasteiger partial charge in [-0.2, -0.15) is 0 Å². The van der Waals surface area contributed by atoms with Crippen LogP contribution in [0.15, 0.2) is 42.6 Å². The predicted molar refractivity (Wildman–Crippen MR) is 77.2 cm³/mol. The van der Waals surface area contributed by atoms with E-state index in [1.165, 1.54) is 0 Å². The molecule has 2 rings (SSSR count). The van der Waals surface area contributed by atoms with Crippen LogP contribution in [0, 0.1) is 6.92 Å². The van der Waals surface area contributed by atoms with Crippen molar-refractivity contribution in [2.24, 2.45) is 5.73 Å². The molecular weight excluding hydrogens is 236 g/mol. The summed E-state index contributed by atoms with van der Waals surface area (Å²) in [5.74, 6) is 0.841. The van der Waals surface area contributed by atoms with Crippen LogP contribution >= 0.6 is 0 Å². The van der Waals surface area contributed by atoms with Crippen molar-refractivity contribution in [2.75, 3.05) is 0 Å². The minimum Gasteiger partial charge on any atom is -0.491 e. The van der Waals surface area contributed by atoms with Gasteiger partial charge in [0.2, 0.25) is 0 Å². The lowest BCUT2D eigenvalue weighted by Gasteiger charge is -2.19. The van der Waals surface area contributed by atoms with Crippen LogP contribution in [-0.2, 0) is 0 Å². The van der Waals surface area contributed by atoms with Crippen molar-refractivity contribution in [3.63, 3.8) is 0 Å². The number of aromatic nitrogens is 1. The number of aryl methyl sites for hydroxylation is 1. The molecule has 0 aliphatic heterocycles. The lowest BCUT2D eigenvalue weighted by molar-refractivity contribution is 0.239. The number of hydrogen-bond acceptors (Lipinski definition) is 3. The highest BCUT2D eigenvalue weighted by molar-refractivity contribution is 5.42. The molecule has 0 fully saturated rings. The Morgan fingerprint density at radius 1 is 1.05 bits per heavy atom. The lowest BCUT2D eigenvalue weighted by atomic mass is 9.98. The molecule has 0 saturated heterocycles. The molecule has 19 heavy (non-hydrogen) atoms. The molecule has 0 aliphatic carbocycles. The third-order valence-corrected chi connectivity index (χ3v) is 3.00. The Hall–Kier alpha value is -1.87. The van der Waals surface area contributed by atoms with Crippen LogP contribution in [-0.4, -0.2) is 11.1 Å². The van der Waals surface area contributed by atoms with E-state index in [0.717, 1.165) is 22.6 Å². The first-order chi connectivity index (χ1) is 9.09. The molecular formula is C16H20N2O. The summed E-state index contributed by atoms with van der Waals surface area (Å²) < 4.78 is 5.83. The molecule has 2 N–H and O–H groups in total. The van der Waals surface area contributed by atoms with Crippen molar-refractivity contribution >= 4 is 0 Å². The van der Waals surface area contributed by atoms with Gasteiger partial charge in [-0.15, -0.1) is 0 Å². The van der Waals surface area contributed by atoms with E-state index in [4.69, 9.17) is 10.5 Å². The van der Waals surface area contributed by atoms with Crippen LogP contribution in [0.1, 0.15) is 36.7 Å². The second kappa shape index (κ2) is 5.85. The number of ether oxygens (including phenoxy) is 1. The molecule has 2 aromatic rings. The van der Waals surface area contributed by atoms with E-state index in [1.807, 2.05) is 57.2 Å². The summed E-state index contributed by atoms with van der Waals surface area (Å²) in [7, 11) is 0. The number of hydrogen-bond donors (Lipinski definition) is 1. The fourth-order valence-corrected chi connectivity index (χ4v) is 2.09. The first-order valence-electron chi connectivity index (χ1n) is 6.52. The predicted octanol–water partition coefficient (Wildman–Crippen LogP) is 3.23. The molecule has 0 saturated carbocycles. The van der Waals surface area contributed by atoms with Gasteiger partial charge in [0.1, 0.15) is 5.75 Å². The van der Waals surface area contributed by atoms with Gasteiger partial charge in [0, 0.05) is 17.5 Å². The lowest BCUT2D eigenvalue weighted by Crippen LogP contribution is -2.16. The van der Waals surface area contributed by atoms with E-state index in [2.05, 4.69) is 4.98 Å². The average molecular weight is 256 g/mol. The summed E-state index contributed by atoms with van der Waals surface area (Å²) in [5, 5.41) is 0. The van der Waals surface area contributed by atoms with Gasteiger partial charge >= 0.3 is 0 Å². The van der Waals surface area contributed by atoms with Gasteiger partial charge in [0.05, 0.1) is 12.1 Å². The monoisotopic (exact) mass is 256 g/mol. The molecule has 1 unspecified atom stereocenters. The number of rotatable bonds is 4. The summed E-state index contributed by atoms with van der Waals surface area (Å²) in [4.78, 5) is 4.30. The molecule has 0 radical (unpaired) electrons. The largest absolute Gasteiger partial charge is 0.491 e. The first-order valence-corrected chi connectivity index (χ1v) is 6.52. The van der Waals surface area contributed by atoms with Crippen molar-refractivity contribution < 1.29 is 4.74 Å². The second-order valence-electron chi connectivity index (χ2n) is 4.86. The molecule has 0 aliphatic rings. The molecule has 0 spiro atoms. The Morgan fingerprint density at radius 2 is 1.74 bits per heavy atom. The van der Waals surface area contributed by atoms with Crippen LogP contribution in [0.5, 0.6) is 5.75 Å². The van der Waals surface area contributed by atoms with E-state index < -0.39 is 0 Å². The quantitative estimate of drug-likeness (QED) is 0.913. The van der Waals surface area contributed by atoms with Crippen LogP contribution in [0.3, 0.4) is 0 Å². The van der Waals surface area contributed by atoms with Gasteiger partial charge in [-0.05, 0) is 38.5 Å². The molecule has 1 atom stereocenters. The maximum atomic E-state index is 6.37. The van der Waals surface area contributed by atoms with E-state index in [0.29, 0.717) is 0 Å². The molecule has 0 bridgehead atoms. The van der Waals surface area contributed by atoms with Crippen molar-refractivity contribution in [2.45, 2.75) is 32.9 Å². The Bertz CT molecular complexity index is 552. The van der Waals surface area contributed by atoms with E-state index in [-0.39, 0.29) is 12.1 Å². The molecule has 3 nitrogen and oxygen atoms in total. The van der Waals surface area contributed by atoms with Gasteiger partial charge in [0.15, 0.2) is 0 Å². The standard InChI is InChI=1S/C16H20N2O/c1-11(2)19-15-9-5-4-7-14(15)16(17)13-8-6-10-18-12(13)3/h4-11,16H,17H2,1-3H3. The van der Waals surface area contributed by atoms with Crippen molar-refractivity contribution in [1.29, 1.82) is 0 Å². The number of para-hydroxylation sites is 1. The Morgan fingerprint density at radius 3 is 2.42 bits per heavy atom. The van der Waals surface area contributed by atoms with Crippen molar-refractivity contribution in [1.82, 2.24) is 4.98 Å². The molecule has 0 amide bonds.